The molecule has 0 radical (unpaired) electrons. The van der Waals surface area contributed by atoms with Gasteiger partial charge in [0.25, 0.3) is 5.91 Å². The van der Waals surface area contributed by atoms with Crippen molar-refractivity contribution < 1.29 is 36.6 Å². The molecule has 2 aliphatic heterocycles. The molecule has 2 saturated heterocycles. The Balaban J connectivity index is 1.37. The van der Waals surface area contributed by atoms with Gasteiger partial charge in [-0.05, 0) is 25.0 Å². The molecule has 3 atom stereocenters. The van der Waals surface area contributed by atoms with E-state index in [4.69, 9.17) is 19.9 Å². The van der Waals surface area contributed by atoms with Crippen LogP contribution in [0.15, 0.2) is 30.5 Å². The molecule has 0 saturated carbocycles. The standard InChI is InChI=1S/C27H29F4N5O4/c1-36-26(23-5-3-20(32)19(31)13-39-23)22(12-33-36)35-27(37)21-4-2-16(28)25(34-21)24-17(29)10-15(11-18(24)30)40-14-6-8-38-9-7-14/h2,4,10-12,14,19-20,23H,3,5-9,13,32H2,1H3,(H,35,37)/t19-,20-,23+/m1/s1. The maximum Gasteiger partial charge on any atom is 0.274 e. The molecule has 0 unspecified atom stereocenters. The number of benzene rings is 1. The van der Waals surface area contributed by atoms with Crippen molar-refractivity contribution in [1.82, 2.24) is 14.8 Å². The van der Waals surface area contributed by atoms with Crippen molar-refractivity contribution in [3.05, 3.63) is 59.3 Å². The number of hydrogen-bond acceptors (Lipinski definition) is 7. The molecule has 1 amide bonds. The van der Waals surface area contributed by atoms with Crippen molar-refractivity contribution in [2.24, 2.45) is 12.8 Å². The highest BCUT2D eigenvalue weighted by Gasteiger charge is 2.30. The maximum absolute atomic E-state index is 15.0. The highest BCUT2D eigenvalue weighted by Crippen LogP contribution is 2.34. The minimum atomic E-state index is -1.32. The van der Waals surface area contributed by atoms with Gasteiger partial charge in [-0.1, -0.05) is 0 Å². The number of halogens is 4. The second kappa shape index (κ2) is 11.9. The maximum atomic E-state index is 15.0. The number of nitrogens with zero attached hydrogens (tertiary/aromatic N) is 3. The normalized spacial score (nSPS) is 22.1. The average molecular weight is 564 g/mol. The van der Waals surface area contributed by atoms with Crippen molar-refractivity contribution in [2.75, 3.05) is 25.1 Å². The Morgan fingerprint density at radius 3 is 2.55 bits per heavy atom. The van der Waals surface area contributed by atoms with E-state index in [1.807, 2.05) is 0 Å². The molecule has 40 heavy (non-hydrogen) atoms. The van der Waals surface area contributed by atoms with E-state index in [-0.39, 0.29) is 29.8 Å². The number of pyridine rings is 1. The molecule has 2 aliphatic rings. The topological polar surface area (TPSA) is 114 Å². The van der Waals surface area contributed by atoms with Gasteiger partial charge in [0.1, 0.15) is 53.0 Å². The molecule has 2 fully saturated rings. The van der Waals surface area contributed by atoms with Gasteiger partial charge in [0, 0.05) is 38.1 Å². The molecule has 5 rings (SSSR count). The fourth-order valence-corrected chi connectivity index (χ4v) is 4.84. The third kappa shape index (κ3) is 5.96. The number of anilines is 1. The van der Waals surface area contributed by atoms with E-state index in [0.717, 1.165) is 24.3 Å². The van der Waals surface area contributed by atoms with Gasteiger partial charge in [-0.2, -0.15) is 5.10 Å². The lowest BCUT2D eigenvalue weighted by Gasteiger charge is -2.23. The zero-order chi connectivity index (χ0) is 28.4. The second-order valence-electron chi connectivity index (χ2n) is 9.82. The Morgan fingerprint density at radius 1 is 1.10 bits per heavy atom. The molecule has 0 bridgehead atoms. The highest BCUT2D eigenvalue weighted by atomic mass is 19.1. The lowest BCUT2D eigenvalue weighted by molar-refractivity contribution is 0.0247. The van der Waals surface area contributed by atoms with Gasteiger partial charge in [-0.25, -0.2) is 22.5 Å². The molecule has 2 aromatic heterocycles. The molecule has 4 heterocycles. The van der Waals surface area contributed by atoms with Crippen molar-refractivity contribution in [2.45, 2.75) is 50.1 Å². The predicted molar refractivity (Wildman–Crippen MR) is 136 cm³/mol. The zero-order valence-corrected chi connectivity index (χ0v) is 21.7. The summed E-state index contributed by atoms with van der Waals surface area (Å²) < 4.78 is 77.0. The average Bonchev–Trinajstić information content (AvgIpc) is 3.20. The van der Waals surface area contributed by atoms with Crippen molar-refractivity contribution in [1.29, 1.82) is 0 Å². The van der Waals surface area contributed by atoms with Crippen LogP contribution in [0, 0.1) is 17.5 Å². The summed E-state index contributed by atoms with van der Waals surface area (Å²) in [6.07, 6.45) is 1.14. The number of aromatic nitrogens is 3. The number of nitrogens with one attached hydrogen (secondary N) is 1. The van der Waals surface area contributed by atoms with Crippen molar-refractivity contribution in [3.63, 3.8) is 0 Å². The van der Waals surface area contributed by atoms with Crippen molar-refractivity contribution >= 4 is 11.6 Å². The summed E-state index contributed by atoms with van der Waals surface area (Å²) in [6, 6.07) is 3.26. The van der Waals surface area contributed by atoms with Crippen LogP contribution in [0.25, 0.3) is 11.3 Å². The third-order valence-corrected chi connectivity index (χ3v) is 7.02. The van der Waals surface area contributed by atoms with E-state index in [1.54, 1.807) is 7.05 Å². The Labute approximate surface area is 227 Å². The SMILES string of the molecule is Cn1ncc(NC(=O)c2ccc(F)c(-c3c(F)cc(OC4CCOCC4)cc3F)n2)c1[C@@H]1CC[C@@H](N)[C@H](F)CO1. The van der Waals surface area contributed by atoms with Crippen LogP contribution < -0.4 is 15.8 Å². The Kier molecular flexibility index (Phi) is 8.33. The first kappa shape index (κ1) is 28.0. The number of alkyl halides is 1. The minimum absolute atomic E-state index is 0.0372. The van der Waals surface area contributed by atoms with E-state index < -0.39 is 52.9 Å². The number of rotatable bonds is 6. The number of nitrogens with two attached hydrogens (primary N) is 1. The lowest BCUT2D eigenvalue weighted by Crippen LogP contribution is -2.32. The zero-order valence-electron chi connectivity index (χ0n) is 21.7. The van der Waals surface area contributed by atoms with Gasteiger partial charge in [-0.15, -0.1) is 0 Å². The van der Waals surface area contributed by atoms with Gasteiger partial charge >= 0.3 is 0 Å². The molecule has 9 nitrogen and oxygen atoms in total. The number of amides is 1. The quantitative estimate of drug-likeness (QED) is 0.432. The van der Waals surface area contributed by atoms with Gasteiger partial charge in [-0.3, -0.25) is 9.48 Å². The van der Waals surface area contributed by atoms with Crippen LogP contribution in [-0.4, -0.2) is 58.8 Å². The van der Waals surface area contributed by atoms with Gasteiger partial charge in [0.2, 0.25) is 0 Å². The van der Waals surface area contributed by atoms with Gasteiger partial charge in [0.05, 0.1) is 43.0 Å². The molecule has 13 heteroatoms. The van der Waals surface area contributed by atoms with Crippen LogP contribution in [-0.2, 0) is 16.5 Å². The monoisotopic (exact) mass is 563 g/mol. The number of carbonyl (C=O) groups is 1. The van der Waals surface area contributed by atoms with Crippen LogP contribution in [0.3, 0.4) is 0 Å². The minimum Gasteiger partial charge on any atom is -0.490 e. The molecular weight excluding hydrogens is 534 g/mol. The second-order valence-corrected chi connectivity index (χ2v) is 9.82. The highest BCUT2D eigenvalue weighted by molar-refractivity contribution is 6.03. The van der Waals surface area contributed by atoms with Crippen LogP contribution in [0.5, 0.6) is 5.75 Å². The molecular formula is C27H29F4N5O4. The van der Waals surface area contributed by atoms with Crippen LogP contribution in [0.1, 0.15) is 48.0 Å². The van der Waals surface area contributed by atoms with Gasteiger partial charge in [0.15, 0.2) is 0 Å². The largest absolute Gasteiger partial charge is 0.490 e. The first-order valence-electron chi connectivity index (χ1n) is 13.0. The molecule has 3 aromatic rings. The Bertz CT molecular complexity index is 1350. The lowest BCUT2D eigenvalue weighted by atomic mass is 10.0. The number of aryl methyl sites for hydroxylation is 1. The smallest absolute Gasteiger partial charge is 0.274 e. The number of hydrogen-bond donors (Lipinski definition) is 2. The van der Waals surface area contributed by atoms with E-state index in [0.29, 0.717) is 44.6 Å². The van der Waals surface area contributed by atoms with Crippen LogP contribution >= 0.6 is 0 Å². The van der Waals surface area contributed by atoms with Crippen LogP contribution in [0.4, 0.5) is 23.2 Å². The predicted octanol–water partition coefficient (Wildman–Crippen LogP) is 4.23. The van der Waals surface area contributed by atoms with E-state index in [1.165, 1.54) is 10.9 Å². The van der Waals surface area contributed by atoms with Gasteiger partial charge < -0.3 is 25.3 Å². The summed E-state index contributed by atoms with van der Waals surface area (Å²) in [6.45, 7) is 0.764. The fraction of sp³-hybridized carbons (Fsp3) is 0.444. The molecule has 0 spiro atoms. The summed E-state index contributed by atoms with van der Waals surface area (Å²) in [5.41, 5.74) is 4.89. The molecule has 0 aliphatic carbocycles. The summed E-state index contributed by atoms with van der Waals surface area (Å²) >= 11 is 0. The molecule has 3 N–H and O–H groups in total. The fourth-order valence-electron chi connectivity index (χ4n) is 4.84. The van der Waals surface area contributed by atoms with Crippen LogP contribution in [0.2, 0.25) is 0 Å². The summed E-state index contributed by atoms with van der Waals surface area (Å²) in [4.78, 5) is 17.0. The van der Waals surface area contributed by atoms with E-state index in [9.17, 15) is 13.6 Å². The van der Waals surface area contributed by atoms with E-state index in [2.05, 4.69) is 15.4 Å². The first-order valence-corrected chi connectivity index (χ1v) is 13.0. The summed E-state index contributed by atoms with van der Waals surface area (Å²) in [7, 11) is 1.64. The third-order valence-electron chi connectivity index (χ3n) is 7.02. The van der Waals surface area contributed by atoms with Crippen molar-refractivity contribution in [3.8, 4) is 17.0 Å². The molecule has 214 valence electrons. The summed E-state index contributed by atoms with van der Waals surface area (Å²) in [5.74, 6) is -4.00. The number of ether oxygens (including phenoxy) is 3. The van der Waals surface area contributed by atoms with E-state index >= 15 is 8.78 Å². The Morgan fingerprint density at radius 2 is 1.82 bits per heavy atom. The molecule has 1 aromatic carbocycles. The first-order chi connectivity index (χ1) is 19.2. The Hall–Kier alpha value is -3.55. The summed E-state index contributed by atoms with van der Waals surface area (Å²) in [5, 5.41) is 6.80. The number of carbonyl (C=O) groups excluding carboxylic acids is 1.